The van der Waals surface area contributed by atoms with E-state index in [1.807, 2.05) is 5.19 Å². The van der Waals surface area contributed by atoms with E-state index >= 15 is 0 Å². The van der Waals surface area contributed by atoms with Crippen molar-refractivity contribution >= 4 is 13.3 Å². The van der Waals surface area contributed by atoms with E-state index in [1.165, 1.54) is 43.7 Å². The molecule has 5 heteroatoms. The molecule has 7 unspecified atom stereocenters. The maximum Gasteiger partial charge on any atom is -1.00 e. The quantitative estimate of drug-likeness (QED) is 0.384. The molecular formula is C27H39Cl3SiTi. The molecule has 0 spiro atoms. The summed E-state index contributed by atoms with van der Waals surface area (Å²) in [5, 5.41) is 1.82. The Hall–Kier alpha value is 0.501. The van der Waals surface area contributed by atoms with Gasteiger partial charge in [-0.2, -0.15) is 0 Å². The summed E-state index contributed by atoms with van der Waals surface area (Å²) in [5.74, 6) is 3.44. The minimum atomic E-state index is -1.67. The smallest absolute Gasteiger partial charge is 1.00 e. The molecular weight excluding hydrogens is 507 g/mol. The molecule has 4 rings (SSSR count). The third kappa shape index (κ3) is 5.34. The molecule has 0 aliphatic heterocycles. The van der Waals surface area contributed by atoms with E-state index in [0.29, 0.717) is 0 Å². The van der Waals surface area contributed by atoms with Crippen molar-refractivity contribution in [1.82, 2.24) is 0 Å². The number of benzene rings is 1. The molecule has 3 aliphatic carbocycles. The predicted molar refractivity (Wildman–Crippen MR) is 125 cm³/mol. The molecule has 32 heavy (non-hydrogen) atoms. The maximum atomic E-state index is 2.80. The van der Waals surface area contributed by atoms with E-state index in [2.05, 4.69) is 91.1 Å². The van der Waals surface area contributed by atoms with Gasteiger partial charge in [0, 0.05) is 0 Å². The number of aryl methyl sites for hydroxylation is 3. The van der Waals surface area contributed by atoms with Crippen LogP contribution in [0.3, 0.4) is 0 Å². The second-order valence-corrected chi connectivity index (χ2v) is 16.2. The number of rotatable bonds is 5. The fraction of sp³-hybridized carbons (Fsp3) is 0.630. The monoisotopic (exact) mass is 544 g/mol. The average Bonchev–Trinajstić information content (AvgIpc) is 3.02. The number of hydrogen-bond acceptors (Lipinski definition) is 0. The fourth-order valence-corrected chi connectivity index (χ4v) is 15.6. The first-order valence-corrected chi connectivity index (χ1v) is 15.7. The molecule has 1 aromatic carbocycles. The van der Waals surface area contributed by atoms with Crippen LogP contribution < -0.4 is 42.4 Å². The Morgan fingerprint density at radius 2 is 1.53 bits per heavy atom. The van der Waals surface area contributed by atoms with Gasteiger partial charge >= 0.3 is 193 Å². The van der Waals surface area contributed by atoms with E-state index in [1.54, 1.807) is 11.1 Å². The number of halogens is 3. The van der Waals surface area contributed by atoms with E-state index in [4.69, 9.17) is 0 Å². The summed E-state index contributed by atoms with van der Waals surface area (Å²) in [5.41, 5.74) is 5.52. The molecule has 3 aliphatic rings. The Morgan fingerprint density at radius 3 is 2.12 bits per heavy atom. The zero-order valence-corrected chi connectivity index (χ0v) is 25.1. The van der Waals surface area contributed by atoms with E-state index in [0.717, 1.165) is 33.4 Å². The number of hydrogen-bond donors (Lipinski definition) is 0. The Balaban J connectivity index is 0.00000171. The van der Waals surface area contributed by atoms with Gasteiger partial charge in [-0.1, -0.05) is 0 Å². The van der Waals surface area contributed by atoms with Crippen LogP contribution in [0, 0.1) is 44.4 Å². The minimum absolute atomic E-state index is 0. The molecule has 2 fully saturated rings. The van der Waals surface area contributed by atoms with Crippen molar-refractivity contribution in [2.24, 2.45) is 23.7 Å². The largest absolute Gasteiger partial charge is 1.00 e. The van der Waals surface area contributed by atoms with Gasteiger partial charge in [0.05, 0.1) is 0 Å². The Bertz CT molecular complexity index is 800. The fourth-order valence-electron chi connectivity index (χ4n) is 7.84. The molecule has 1 aromatic rings. The average molecular weight is 546 g/mol. The molecule has 0 nitrogen and oxygen atoms in total. The molecule has 0 aromatic heterocycles. The van der Waals surface area contributed by atoms with Crippen molar-refractivity contribution in [3.05, 3.63) is 53.1 Å². The summed E-state index contributed by atoms with van der Waals surface area (Å²) in [4.78, 5) is 0. The first-order chi connectivity index (χ1) is 13.9. The van der Waals surface area contributed by atoms with Gasteiger partial charge in [-0.25, -0.2) is 0 Å². The molecule has 0 bridgehead atoms. The topological polar surface area (TPSA) is 0 Å². The van der Waals surface area contributed by atoms with Crippen molar-refractivity contribution in [2.45, 2.75) is 82.2 Å². The van der Waals surface area contributed by atoms with Gasteiger partial charge in [0.2, 0.25) is 0 Å². The summed E-state index contributed by atoms with van der Waals surface area (Å²) in [6, 6.07) is 6.42. The van der Waals surface area contributed by atoms with Crippen LogP contribution in [-0.4, -0.2) is 8.07 Å². The zero-order chi connectivity index (χ0) is 20.8. The Kier molecular flexibility index (Phi) is 11.9. The Labute approximate surface area is 228 Å². The summed E-state index contributed by atoms with van der Waals surface area (Å²) in [6.45, 7) is 12.3. The third-order valence-corrected chi connectivity index (χ3v) is 15.2. The van der Waals surface area contributed by atoms with Crippen LogP contribution in [0.2, 0.25) is 22.4 Å². The third-order valence-electron chi connectivity index (χ3n) is 8.59. The van der Waals surface area contributed by atoms with Gasteiger partial charge in [-0.3, -0.25) is 0 Å². The normalized spacial score (nSPS) is 32.0. The van der Waals surface area contributed by atoms with Crippen LogP contribution in [0.25, 0.3) is 0 Å². The second-order valence-electron chi connectivity index (χ2n) is 10.5. The summed E-state index contributed by atoms with van der Waals surface area (Å²) >= 11 is 2.60. The predicted octanol–water partition coefficient (Wildman–Crippen LogP) is -1.80. The van der Waals surface area contributed by atoms with Crippen molar-refractivity contribution in [3.8, 4) is 0 Å². The van der Waals surface area contributed by atoms with Crippen molar-refractivity contribution in [2.75, 3.05) is 0 Å². The van der Waals surface area contributed by atoms with E-state index < -0.39 is 8.07 Å². The second kappa shape index (κ2) is 12.5. The van der Waals surface area contributed by atoms with Crippen LogP contribution in [-0.2, 0) is 20.4 Å². The van der Waals surface area contributed by atoms with Crippen LogP contribution in [0.1, 0.15) is 55.7 Å². The molecule has 0 radical (unpaired) electrons. The van der Waals surface area contributed by atoms with Gasteiger partial charge in [0.25, 0.3) is 0 Å². The summed E-state index contributed by atoms with van der Waals surface area (Å²) in [6.07, 6.45) is 17.1. The standard InChI is InChI=1S/C27H39Si.3ClH.Ti/c1-6-7-16-28(5,26-20(3)17-19(2)18-21(26)4)27-24-14-10-8-12-22(24)23-13-9-11-15-25(23)27;;;;/h8,10,12,14-15,17-18,22-25,27H,6-7,9,11,13,16H2,1-5H3;3*1H;/q;;;;+3/p-3. The molecule has 0 saturated heterocycles. The SMILES string of the molecule is CCCC[Si](C)(c1c(C)cc(C)cc1C)C1C2C=CC=CC2C2CCC[CH]([Ti+3])C21.[Cl-].[Cl-].[Cl-]. The zero-order valence-electron chi connectivity index (χ0n) is 20.3. The molecule has 2 saturated carbocycles. The van der Waals surface area contributed by atoms with Crippen LogP contribution in [0.15, 0.2) is 36.4 Å². The summed E-state index contributed by atoms with van der Waals surface area (Å²) < 4.78 is 0.894. The van der Waals surface area contributed by atoms with Gasteiger partial charge in [-0.05, 0) is 0 Å². The Morgan fingerprint density at radius 1 is 0.938 bits per heavy atom. The van der Waals surface area contributed by atoms with Gasteiger partial charge in [-0.15, -0.1) is 0 Å². The van der Waals surface area contributed by atoms with Crippen LogP contribution in [0.5, 0.6) is 0 Å². The number of unbranched alkanes of at least 4 members (excludes halogenated alkanes) is 1. The van der Waals surface area contributed by atoms with Gasteiger partial charge in [0.1, 0.15) is 0 Å². The van der Waals surface area contributed by atoms with Crippen LogP contribution >= 0.6 is 0 Å². The van der Waals surface area contributed by atoms with E-state index in [-0.39, 0.29) is 37.2 Å². The van der Waals surface area contributed by atoms with Gasteiger partial charge in [0.15, 0.2) is 0 Å². The minimum Gasteiger partial charge on any atom is -1.00 e. The maximum absolute atomic E-state index is 2.80. The first-order valence-electron chi connectivity index (χ1n) is 12.0. The van der Waals surface area contributed by atoms with Gasteiger partial charge < -0.3 is 37.2 Å². The number of allylic oxidation sites excluding steroid dienone is 4. The van der Waals surface area contributed by atoms with Crippen molar-refractivity contribution < 1.29 is 57.7 Å². The molecule has 176 valence electrons. The van der Waals surface area contributed by atoms with Crippen molar-refractivity contribution in [1.29, 1.82) is 0 Å². The molecule has 0 amide bonds. The van der Waals surface area contributed by atoms with E-state index in [9.17, 15) is 0 Å². The molecule has 0 N–H and O–H groups in total. The molecule has 0 heterocycles. The number of fused-ring (bicyclic) bond motifs is 3. The first kappa shape index (κ1) is 30.5. The van der Waals surface area contributed by atoms with Crippen molar-refractivity contribution in [3.63, 3.8) is 0 Å². The summed E-state index contributed by atoms with van der Waals surface area (Å²) in [7, 11) is -1.67. The molecule has 7 atom stereocenters. The van der Waals surface area contributed by atoms with Crippen LogP contribution in [0.4, 0.5) is 0 Å².